The zero-order valence-corrected chi connectivity index (χ0v) is 43.9. The first-order valence-corrected chi connectivity index (χ1v) is 26.3. The number of ether oxygens (including phenoxy) is 3. The predicted molar refractivity (Wildman–Crippen MR) is 289 cm³/mol. The molecule has 0 saturated heterocycles. The maximum Gasteiger partial charge on any atom is 0.260 e. The molecule has 0 aliphatic carbocycles. The number of rotatable bonds is 21. The van der Waals surface area contributed by atoms with Crippen molar-refractivity contribution in [1.82, 2.24) is 10.6 Å². The molecule has 15 heteroatoms. The molecule has 0 saturated carbocycles. The number of anilines is 4. The number of carbonyl (C=O) groups excluding carboxylic acids is 6. The van der Waals surface area contributed by atoms with Gasteiger partial charge in [-0.15, -0.1) is 0 Å². The fourth-order valence-corrected chi connectivity index (χ4v) is 11.0. The van der Waals surface area contributed by atoms with Crippen molar-refractivity contribution in [2.75, 3.05) is 53.8 Å². The van der Waals surface area contributed by atoms with E-state index >= 15 is 0 Å². The number of nitrogens with one attached hydrogen (secondary N) is 3. The van der Waals surface area contributed by atoms with Gasteiger partial charge in [0.1, 0.15) is 24.7 Å². The van der Waals surface area contributed by atoms with Gasteiger partial charge >= 0.3 is 0 Å². The summed E-state index contributed by atoms with van der Waals surface area (Å²) in [5, 5.41) is 8.79. The molecule has 5 aromatic carbocycles. The van der Waals surface area contributed by atoms with Crippen LogP contribution in [0.15, 0.2) is 91.0 Å². The van der Waals surface area contributed by atoms with E-state index in [0.29, 0.717) is 84.9 Å². The number of likely N-dealkylation sites (N-methyl/N-ethyl adjacent to an activating group) is 2. The fourth-order valence-electron chi connectivity index (χ4n) is 11.0. The van der Waals surface area contributed by atoms with E-state index in [1.54, 1.807) is 27.0 Å². The van der Waals surface area contributed by atoms with Crippen molar-refractivity contribution >= 4 is 57.9 Å². The van der Waals surface area contributed by atoms with Gasteiger partial charge in [-0.25, -0.2) is 0 Å². The second kappa shape index (κ2) is 22.9. The van der Waals surface area contributed by atoms with Gasteiger partial charge < -0.3 is 44.9 Å². The number of nitrogens with zero attached hydrogens (tertiary/aromatic N) is 3. The van der Waals surface area contributed by atoms with E-state index in [9.17, 15) is 28.8 Å². The van der Waals surface area contributed by atoms with E-state index in [-0.39, 0.29) is 73.3 Å². The van der Waals surface area contributed by atoms with Crippen molar-refractivity contribution in [3.8, 4) is 17.2 Å². The van der Waals surface area contributed by atoms with Gasteiger partial charge in [0.25, 0.3) is 11.8 Å². The molecule has 4 atom stereocenters. The van der Waals surface area contributed by atoms with Crippen LogP contribution >= 0.6 is 0 Å². The highest BCUT2D eigenvalue weighted by atomic mass is 16.5. The molecule has 0 fully saturated rings. The molecule has 3 N–H and O–H groups in total. The zero-order valence-electron chi connectivity index (χ0n) is 43.9. The summed E-state index contributed by atoms with van der Waals surface area (Å²) in [6.45, 7) is 9.02. The smallest absolute Gasteiger partial charge is 0.260 e. The topological polar surface area (TPSA) is 176 Å². The van der Waals surface area contributed by atoms with Gasteiger partial charge in [0.15, 0.2) is 17.3 Å². The molecule has 4 heterocycles. The molecule has 392 valence electrons. The standard InChI is InChI=1S/C60H68N6O9/c1-7-61-32-47(67)16-10-13-19-57(69)62-38(4)53(68)23-37(3)58(70)63-44-25-39(34-74-54-31-52-49(22-36(54)2)60(72)66-46(33-64(52)5)28-43-15-9-12-18-51(43)66)24-40(26-44)35-75-56-29-41-20-21-45-27-42-14-8-11-17-50(42)65(45)59(71)48(41)30-55(56)73-6/h8-9,11-12,14-15,17-18,22,24-26,29-31,37-38,45-46,61H,7,10,13,16,19-21,23,27-28,32-35H2,1-6H3,(H,62,69)(H,63,70)/t37-,38+,45-,46+/m1/s1. The number of benzene rings is 5. The summed E-state index contributed by atoms with van der Waals surface area (Å²) in [5.74, 6) is -0.168. The number of amides is 4. The van der Waals surface area contributed by atoms with Crippen molar-refractivity contribution < 1.29 is 43.0 Å². The molecule has 4 amide bonds. The number of methoxy groups -OCH3 is 1. The Hall–Kier alpha value is -7.52. The van der Waals surface area contributed by atoms with Crippen LogP contribution in [0.3, 0.4) is 0 Å². The van der Waals surface area contributed by atoms with Gasteiger partial charge in [0, 0.05) is 73.5 Å². The van der Waals surface area contributed by atoms with Crippen LogP contribution in [-0.4, -0.2) is 87.1 Å². The fraction of sp³-hybridized carbons (Fsp3) is 0.400. The lowest BCUT2D eigenvalue weighted by Gasteiger charge is -2.25. The van der Waals surface area contributed by atoms with Crippen LogP contribution in [0.4, 0.5) is 22.7 Å². The Kier molecular flexibility index (Phi) is 16.0. The Balaban J connectivity index is 0.911. The maximum absolute atomic E-state index is 14.2. The van der Waals surface area contributed by atoms with Crippen LogP contribution in [0.1, 0.15) is 113 Å². The molecular weight excluding hydrogens is 949 g/mol. The lowest BCUT2D eigenvalue weighted by Crippen LogP contribution is -2.41. The van der Waals surface area contributed by atoms with E-state index in [1.807, 2.05) is 103 Å². The van der Waals surface area contributed by atoms with E-state index in [0.717, 1.165) is 53.0 Å². The van der Waals surface area contributed by atoms with Crippen LogP contribution in [0, 0.1) is 12.8 Å². The van der Waals surface area contributed by atoms with Crippen LogP contribution in [0.2, 0.25) is 0 Å². The van der Waals surface area contributed by atoms with Crippen molar-refractivity contribution in [2.24, 2.45) is 5.92 Å². The third kappa shape index (κ3) is 11.6. The second-order valence-corrected chi connectivity index (χ2v) is 20.5. The lowest BCUT2D eigenvalue weighted by molar-refractivity contribution is -0.129. The Labute approximate surface area is 439 Å². The average Bonchev–Trinajstić information content (AvgIpc) is 3.90. The quantitative estimate of drug-likeness (QED) is 0.0602. The first kappa shape index (κ1) is 52.3. The minimum atomic E-state index is -0.799. The van der Waals surface area contributed by atoms with Gasteiger partial charge in [0.2, 0.25) is 11.8 Å². The number of Topliss-reactive ketones (excluding diaryl/α,β-unsaturated/α-hetero) is 2. The minimum Gasteiger partial charge on any atom is -0.493 e. The Morgan fingerprint density at radius 3 is 2.05 bits per heavy atom. The van der Waals surface area contributed by atoms with Gasteiger partial charge in [0.05, 0.1) is 37.0 Å². The Morgan fingerprint density at radius 1 is 0.720 bits per heavy atom. The molecule has 15 nitrogen and oxygen atoms in total. The summed E-state index contributed by atoms with van der Waals surface area (Å²) in [4.78, 5) is 86.2. The summed E-state index contributed by atoms with van der Waals surface area (Å²) in [6, 6.07) is 28.5. The van der Waals surface area contributed by atoms with E-state index < -0.39 is 12.0 Å². The second-order valence-electron chi connectivity index (χ2n) is 20.5. The monoisotopic (exact) mass is 1020 g/mol. The summed E-state index contributed by atoms with van der Waals surface area (Å²) >= 11 is 0. The number of hydrogen-bond donors (Lipinski definition) is 3. The predicted octanol–water partition coefficient (Wildman–Crippen LogP) is 8.48. The molecular formula is C60H68N6O9. The summed E-state index contributed by atoms with van der Waals surface area (Å²) in [5.41, 5.74) is 9.80. The molecule has 0 spiro atoms. The van der Waals surface area contributed by atoms with Crippen LogP contribution in [0.25, 0.3) is 0 Å². The summed E-state index contributed by atoms with van der Waals surface area (Å²) < 4.78 is 18.9. The number of hydrogen-bond acceptors (Lipinski definition) is 11. The number of carbonyl (C=O) groups is 6. The largest absolute Gasteiger partial charge is 0.493 e. The van der Waals surface area contributed by atoms with Crippen LogP contribution < -0.4 is 44.9 Å². The first-order chi connectivity index (χ1) is 36.2. The van der Waals surface area contributed by atoms with Crippen molar-refractivity contribution in [2.45, 2.75) is 117 Å². The molecule has 0 bridgehead atoms. The Bertz CT molecular complexity index is 3030. The van der Waals surface area contributed by atoms with Crippen molar-refractivity contribution in [1.29, 1.82) is 0 Å². The molecule has 5 aromatic rings. The van der Waals surface area contributed by atoms with Crippen LogP contribution in [-0.2, 0) is 51.7 Å². The van der Waals surface area contributed by atoms with Gasteiger partial charge in [-0.1, -0.05) is 50.2 Å². The number of para-hydroxylation sites is 2. The van der Waals surface area contributed by atoms with Crippen molar-refractivity contribution in [3.05, 3.63) is 136 Å². The zero-order chi connectivity index (χ0) is 52.9. The highest BCUT2D eigenvalue weighted by Crippen LogP contribution is 2.42. The highest BCUT2D eigenvalue weighted by Gasteiger charge is 2.40. The maximum atomic E-state index is 14.2. The lowest BCUT2D eigenvalue weighted by atomic mass is 9.99. The van der Waals surface area contributed by atoms with Crippen molar-refractivity contribution in [3.63, 3.8) is 0 Å². The molecule has 4 aliphatic rings. The number of ketones is 2. The first-order valence-electron chi connectivity index (χ1n) is 26.3. The van der Waals surface area contributed by atoms with Gasteiger partial charge in [-0.05, 0) is 141 Å². The minimum absolute atomic E-state index is 0.00245. The SMILES string of the molecule is CCNCC(=O)CCCCC(=O)N[C@@H](C)C(=O)C[C@@H](C)C(=O)Nc1cc(COc2cc3c(cc2C)C(=O)N2c4ccccc4C[C@H]2CN3C)cc(COc2cc3c(cc2OC)C(=O)N2c4ccccc4C[C@H]2CC3)c1. The Morgan fingerprint density at radius 2 is 1.36 bits per heavy atom. The number of aryl methyl sites for hydroxylation is 2. The third-order valence-corrected chi connectivity index (χ3v) is 15.0. The van der Waals surface area contributed by atoms with E-state index in [4.69, 9.17) is 14.2 Å². The van der Waals surface area contributed by atoms with E-state index in [2.05, 4.69) is 33.0 Å². The van der Waals surface area contributed by atoms with Gasteiger partial charge in [-0.2, -0.15) is 0 Å². The van der Waals surface area contributed by atoms with Crippen LogP contribution in [0.5, 0.6) is 17.2 Å². The molecule has 4 aliphatic heterocycles. The molecule has 0 aromatic heterocycles. The highest BCUT2D eigenvalue weighted by molar-refractivity contribution is 6.12. The normalized spacial score (nSPS) is 17.0. The summed E-state index contributed by atoms with van der Waals surface area (Å²) in [7, 11) is 3.55. The number of unbranched alkanes of at least 4 members (excludes halogenated alkanes) is 1. The molecule has 75 heavy (non-hydrogen) atoms. The molecule has 0 radical (unpaired) electrons. The van der Waals surface area contributed by atoms with E-state index in [1.165, 1.54) is 11.1 Å². The summed E-state index contributed by atoms with van der Waals surface area (Å²) in [6.07, 6.45) is 4.67. The third-order valence-electron chi connectivity index (χ3n) is 15.0. The molecule has 9 rings (SSSR count). The molecule has 0 unspecified atom stereocenters. The average molecular weight is 1020 g/mol. The number of fused-ring (bicyclic) bond motifs is 8. The van der Waals surface area contributed by atoms with Gasteiger partial charge in [-0.3, -0.25) is 28.8 Å².